The fraction of sp³-hybridized carbons (Fsp3) is 0.409. The second-order valence-corrected chi connectivity index (χ2v) is 6.45. The lowest BCUT2D eigenvalue weighted by Gasteiger charge is -2.02. The van der Waals surface area contributed by atoms with Crippen LogP contribution in [0.4, 0.5) is 0 Å². The molecule has 2 nitrogen and oxygen atoms in total. The number of benzene rings is 2. The first kappa shape index (κ1) is 21.4. The number of aliphatic hydroxyl groups is 1. The standard InChI is InChI=1S/C10H11Cl.C10H12O2.C2H6/c1-7-2-3-8-6-9(11)4-5-10(7)8;1-8(12)10-4-2-9(3-5-10)6-7-11;1-2/h4-7H,2-3H2,1H3;2-5,11H,6-7H2,1H3;1-2H3. The van der Waals surface area contributed by atoms with Gasteiger partial charge in [0.1, 0.15) is 0 Å². The van der Waals surface area contributed by atoms with Gasteiger partial charge in [-0.3, -0.25) is 4.79 Å². The van der Waals surface area contributed by atoms with Crippen molar-refractivity contribution in [3.63, 3.8) is 0 Å². The van der Waals surface area contributed by atoms with E-state index in [4.69, 9.17) is 16.7 Å². The number of hydrogen-bond donors (Lipinski definition) is 1. The second-order valence-electron chi connectivity index (χ2n) is 6.01. The summed E-state index contributed by atoms with van der Waals surface area (Å²) in [6.45, 7) is 7.97. The van der Waals surface area contributed by atoms with E-state index in [2.05, 4.69) is 19.1 Å². The van der Waals surface area contributed by atoms with E-state index >= 15 is 0 Å². The molecule has 0 saturated heterocycles. The molecule has 3 rings (SSSR count). The molecule has 2 aromatic rings. The number of carbonyl (C=O) groups is 1. The minimum absolute atomic E-state index is 0.0746. The Morgan fingerprint density at radius 1 is 1.16 bits per heavy atom. The van der Waals surface area contributed by atoms with Crippen molar-refractivity contribution in [1.29, 1.82) is 0 Å². The van der Waals surface area contributed by atoms with Gasteiger partial charge in [0, 0.05) is 17.2 Å². The molecule has 0 radical (unpaired) electrons. The van der Waals surface area contributed by atoms with E-state index in [1.165, 1.54) is 24.0 Å². The van der Waals surface area contributed by atoms with Crippen molar-refractivity contribution in [2.45, 2.75) is 52.9 Å². The third-order valence-electron chi connectivity index (χ3n) is 4.24. The molecule has 0 saturated carbocycles. The van der Waals surface area contributed by atoms with E-state index in [0.29, 0.717) is 6.42 Å². The van der Waals surface area contributed by atoms with Crippen molar-refractivity contribution in [3.8, 4) is 0 Å². The fourth-order valence-corrected chi connectivity index (χ4v) is 3.03. The Morgan fingerprint density at radius 2 is 1.80 bits per heavy atom. The summed E-state index contributed by atoms with van der Waals surface area (Å²) in [5, 5.41) is 9.50. The zero-order valence-corrected chi connectivity index (χ0v) is 16.4. The topological polar surface area (TPSA) is 37.3 Å². The van der Waals surface area contributed by atoms with Gasteiger partial charge in [-0.2, -0.15) is 0 Å². The van der Waals surface area contributed by atoms with Gasteiger partial charge in [-0.1, -0.05) is 62.7 Å². The van der Waals surface area contributed by atoms with Crippen molar-refractivity contribution in [1.82, 2.24) is 0 Å². The summed E-state index contributed by atoms with van der Waals surface area (Å²) in [6, 6.07) is 13.6. The van der Waals surface area contributed by atoms with E-state index < -0.39 is 0 Å². The van der Waals surface area contributed by atoms with E-state index in [1.807, 2.05) is 32.0 Å². The fourth-order valence-electron chi connectivity index (χ4n) is 2.83. The van der Waals surface area contributed by atoms with Crippen LogP contribution >= 0.6 is 11.6 Å². The highest BCUT2D eigenvalue weighted by molar-refractivity contribution is 6.30. The summed E-state index contributed by atoms with van der Waals surface area (Å²) in [4.78, 5) is 10.9. The number of hydrogen-bond acceptors (Lipinski definition) is 2. The van der Waals surface area contributed by atoms with Crippen LogP contribution in [0.2, 0.25) is 5.02 Å². The van der Waals surface area contributed by atoms with Crippen LogP contribution in [-0.4, -0.2) is 17.5 Å². The van der Waals surface area contributed by atoms with Crippen LogP contribution in [0.15, 0.2) is 42.5 Å². The Balaban J connectivity index is 0.000000228. The highest BCUT2D eigenvalue weighted by Gasteiger charge is 2.17. The first-order valence-corrected chi connectivity index (χ1v) is 9.38. The molecule has 136 valence electrons. The predicted molar refractivity (Wildman–Crippen MR) is 107 cm³/mol. The summed E-state index contributed by atoms with van der Waals surface area (Å²) >= 11 is 5.87. The van der Waals surface area contributed by atoms with Gasteiger partial charge >= 0.3 is 0 Å². The average molecular weight is 361 g/mol. The highest BCUT2D eigenvalue weighted by Crippen LogP contribution is 2.33. The van der Waals surface area contributed by atoms with Gasteiger partial charge in [0.25, 0.3) is 0 Å². The van der Waals surface area contributed by atoms with Crippen LogP contribution < -0.4 is 0 Å². The average Bonchev–Trinajstić information content (AvgIpc) is 2.98. The van der Waals surface area contributed by atoms with Crippen molar-refractivity contribution in [2.75, 3.05) is 6.61 Å². The van der Waals surface area contributed by atoms with Crippen LogP contribution in [-0.2, 0) is 12.8 Å². The van der Waals surface area contributed by atoms with E-state index in [9.17, 15) is 4.79 Å². The van der Waals surface area contributed by atoms with E-state index in [-0.39, 0.29) is 12.4 Å². The van der Waals surface area contributed by atoms with Gasteiger partial charge < -0.3 is 5.11 Å². The number of carbonyl (C=O) groups excluding carboxylic acids is 1. The Labute approximate surface area is 156 Å². The van der Waals surface area contributed by atoms with Crippen LogP contribution in [0.25, 0.3) is 0 Å². The van der Waals surface area contributed by atoms with Crippen molar-refractivity contribution < 1.29 is 9.90 Å². The van der Waals surface area contributed by atoms with Gasteiger partial charge in [0.2, 0.25) is 0 Å². The summed E-state index contributed by atoms with van der Waals surface area (Å²) < 4.78 is 0. The molecule has 1 atom stereocenters. The second kappa shape index (κ2) is 11.1. The normalized spacial score (nSPS) is 14.6. The zero-order valence-electron chi connectivity index (χ0n) is 15.7. The third kappa shape index (κ3) is 6.64. The summed E-state index contributed by atoms with van der Waals surface area (Å²) in [6.07, 6.45) is 3.14. The first-order valence-electron chi connectivity index (χ1n) is 9.00. The molecule has 0 fully saturated rings. The molecule has 0 heterocycles. The highest BCUT2D eigenvalue weighted by atomic mass is 35.5. The Morgan fingerprint density at radius 3 is 2.36 bits per heavy atom. The van der Waals surface area contributed by atoms with E-state index in [0.717, 1.165) is 22.1 Å². The molecular formula is C22H29ClO2. The number of ketones is 1. The Bertz CT molecular complexity index is 662. The Hall–Kier alpha value is -1.64. The molecule has 2 aromatic carbocycles. The van der Waals surface area contributed by atoms with Crippen LogP contribution in [0, 0.1) is 0 Å². The van der Waals surface area contributed by atoms with Crippen molar-refractivity contribution >= 4 is 17.4 Å². The smallest absolute Gasteiger partial charge is 0.159 e. The quantitative estimate of drug-likeness (QED) is 0.698. The molecule has 0 bridgehead atoms. The maximum absolute atomic E-state index is 10.9. The van der Waals surface area contributed by atoms with Gasteiger partial charge in [-0.25, -0.2) is 0 Å². The predicted octanol–water partition coefficient (Wildman–Crippen LogP) is 5.84. The summed E-state index contributed by atoms with van der Waals surface area (Å²) in [7, 11) is 0. The summed E-state index contributed by atoms with van der Waals surface area (Å²) in [5.74, 6) is 0.813. The van der Waals surface area contributed by atoms with Crippen LogP contribution in [0.1, 0.15) is 67.1 Å². The monoisotopic (exact) mass is 360 g/mol. The molecule has 3 heteroatoms. The lowest BCUT2D eigenvalue weighted by molar-refractivity contribution is 0.101. The van der Waals surface area contributed by atoms with E-state index in [1.54, 1.807) is 19.1 Å². The zero-order chi connectivity index (χ0) is 18.8. The molecule has 1 unspecified atom stereocenters. The molecule has 0 aliphatic heterocycles. The number of aryl methyl sites for hydroxylation is 1. The minimum Gasteiger partial charge on any atom is -0.396 e. The van der Waals surface area contributed by atoms with Crippen molar-refractivity contribution in [3.05, 3.63) is 69.7 Å². The number of rotatable bonds is 3. The number of aliphatic hydroxyl groups excluding tert-OH is 1. The number of halogens is 1. The molecule has 0 amide bonds. The SMILES string of the molecule is CC.CC(=O)c1ccc(CCO)cc1.CC1CCc2cc(Cl)ccc21. The molecule has 0 spiro atoms. The molecule has 0 aromatic heterocycles. The molecule has 1 N–H and O–H groups in total. The maximum Gasteiger partial charge on any atom is 0.159 e. The molecule has 25 heavy (non-hydrogen) atoms. The first-order chi connectivity index (χ1) is 12.0. The van der Waals surface area contributed by atoms with Gasteiger partial charge in [-0.15, -0.1) is 0 Å². The summed E-state index contributed by atoms with van der Waals surface area (Å²) in [5.41, 5.74) is 4.72. The number of fused-ring (bicyclic) bond motifs is 1. The lowest BCUT2D eigenvalue weighted by atomic mass is 10.0. The third-order valence-corrected chi connectivity index (χ3v) is 4.48. The number of Topliss-reactive ketones (excluding diaryl/α,β-unsaturated/α-hetero) is 1. The van der Waals surface area contributed by atoms with Crippen LogP contribution in [0.5, 0.6) is 0 Å². The van der Waals surface area contributed by atoms with Gasteiger partial charge in [0.15, 0.2) is 5.78 Å². The minimum atomic E-state index is 0.0746. The van der Waals surface area contributed by atoms with Gasteiger partial charge in [0.05, 0.1) is 0 Å². The largest absolute Gasteiger partial charge is 0.396 e. The van der Waals surface area contributed by atoms with Gasteiger partial charge in [-0.05, 0) is 60.9 Å². The molecular weight excluding hydrogens is 332 g/mol. The maximum atomic E-state index is 10.9. The van der Waals surface area contributed by atoms with Crippen molar-refractivity contribution in [2.24, 2.45) is 0 Å². The Kier molecular flexibility index (Phi) is 9.48. The lowest BCUT2D eigenvalue weighted by Crippen LogP contribution is -1.94. The van der Waals surface area contributed by atoms with Crippen LogP contribution in [0.3, 0.4) is 0 Å². The molecule has 1 aliphatic rings. The molecule has 1 aliphatic carbocycles.